The Kier molecular flexibility index (Phi) is 5.62. The number of amides is 1. The standard InChI is InChI=1S/C19H22ClN5O2/c1-11-4-5-14(8-15(11)20)16-6-7-25(24-16)10-12(2)21-19(27)18-9-17(13(3)26)22-23-18/h4-9,12-13,26H,10H2,1-3H3,(H,21,27)(H,22,23)/t12-,13?/m0/s1. The van der Waals surface area contributed by atoms with Gasteiger partial charge in [-0.15, -0.1) is 0 Å². The van der Waals surface area contributed by atoms with E-state index in [2.05, 4.69) is 20.6 Å². The number of halogens is 1. The van der Waals surface area contributed by atoms with Crippen LogP contribution in [0.1, 0.15) is 41.7 Å². The molecule has 27 heavy (non-hydrogen) atoms. The van der Waals surface area contributed by atoms with Gasteiger partial charge < -0.3 is 10.4 Å². The number of H-pyrrole nitrogens is 1. The second-order valence-electron chi connectivity index (χ2n) is 6.65. The third-order valence-electron chi connectivity index (χ3n) is 4.23. The van der Waals surface area contributed by atoms with Gasteiger partial charge in [-0.05, 0) is 44.5 Å². The zero-order chi connectivity index (χ0) is 19.6. The van der Waals surface area contributed by atoms with Crippen molar-refractivity contribution in [1.29, 1.82) is 0 Å². The van der Waals surface area contributed by atoms with Crippen molar-refractivity contribution in [2.75, 3.05) is 0 Å². The van der Waals surface area contributed by atoms with Crippen LogP contribution in [0.15, 0.2) is 36.5 Å². The number of rotatable bonds is 6. The van der Waals surface area contributed by atoms with Crippen LogP contribution in [0.4, 0.5) is 0 Å². The summed E-state index contributed by atoms with van der Waals surface area (Å²) in [5.74, 6) is -0.302. The van der Waals surface area contributed by atoms with Crippen molar-refractivity contribution >= 4 is 17.5 Å². The molecular formula is C19H22ClN5O2. The molecule has 0 aliphatic heterocycles. The second-order valence-corrected chi connectivity index (χ2v) is 7.05. The number of aliphatic hydroxyl groups is 1. The number of hydrogen-bond acceptors (Lipinski definition) is 4. The largest absolute Gasteiger partial charge is 0.387 e. The highest BCUT2D eigenvalue weighted by atomic mass is 35.5. The number of carbonyl (C=O) groups excluding carboxylic acids is 1. The molecule has 3 N–H and O–H groups in total. The van der Waals surface area contributed by atoms with Crippen molar-refractivity contribution in [3.8, 4) is 11.3 Å². The zero-order valence-corrected chi connectivity index (χ0v) is 16.2. The molecule has 2 atom stereocenters. The van der Waals surface area contributed by atoms with Crippen molar-refractivity contribution in [1.82, 2.24) is 25.3 Å². The fourth-order valence-electron chi connectivity index (χ4n) is 2.66. The lowest BCUT2D eigenvalue weighted by Gasteiger charge is -2.13. The summed E-state index contributed by atoms with van der Waals surface area (Å²) >= 11 is 6.19. The average molecular weight is 388 g/mol. The van der Waals surface area contributed by atoms with Gasteiger partial charge >= 0.3 is 0 Å². The molecule has 3 rings (SSSR count). The number of hydrogen-bond donors (Lipinski definition) is 3. The molecule has 1 aromatic carbocycles. The number of carbonyl (C=O) groups is 1. The van der Waals surface area contributed by atoms with Gasteiger partial charge in [0.25, 0.3) is 5.91 Å². The Labute approximate surface area is 162 Å². The third-order valence-corrected chi connectivity index (χ3v) is 4.63. The quantitative estimate of drug-likeness (QED) is 0.605. The lowest BCUT2D eigenvalue weighted by Crippen LogP contribution is -2.36. The highest BCUT2D eigenvalue weighted by molar-refractivity contribution is 6.31. The van der Waals surface area contributed by atoms with E-state index >= 15 is 0 Å². The molecule has 1 amide bonds. The Morgan fingerprint density at radius 1 is 1.33 bits per heavy atom. The average Bonchev–Trinajstić information content (AvgIpc) is 3.26. The Bertz CT molecular complexity index is 947. The number of nitrogens with zero attached hydrogens (tertiary/aromatic N) is 3. The molecule has 0 saturated carbocycles. The van der Waals surface area contributed by atoms with E-state index in [1.54, 1.807) is 17.7 Å². The molecule has 3 aromatic rings. The summed E-state index contributed by atoms with van der Waals surface area (Å²) in [5.41, 5.74) is 3.54. The molecule has 2 aromatic heterocycles. The summed E-state index contributed by atoms with van der Waals surface area (Å²) in [5, 5.41) is 24.2. The number of nitrogens with one attached hydrogen (secondary N) is 2. The van der Waals surface area contributed by atoms with Crippen LogP contribution in [0.2, 0.25) is 5.02 Å². The minimum Gasteiger partial charge on any atom is -0.387 e. The van der Waals surface area contributed by atoms with Gasteiger partial charge in [-0.3, -0.25) is 14.6 Å². The smallest absolute Gasteiger partial charge is 0.272 e. The molecule has 7 nitrogen and oxygen atoms in total. The van der Waals surface area contributed by atoms with Crippen molar-refractivity contribution < 1.29 is 9.90 Å². The van der Waals surface area contributed by atoms with Crippen LogP contribution in [0, 0.1) is 6.92 Å². The predicted octanol–water partition coefficient (Wildman–Crippen LogP) is 3.11. The SMILES string of the molecule is Cc1ccc(-c2ccn(C[C@H](C)NC(=O)c3cc(C(C)O)[nH]n3)n2)cc1Cl. The summed E-state index contributed by atoms with van der Waals surface area (Å²) in [7, 11) is 0. The van der Waals surface area contributed by atoms with Crippen LogP contribution in [-0.2, 0) is 6.54 Å². The first-order valence-corrected chi connectivity index (χ1v) is 9.05. The fraction of sp³-hybridized carbons (Fsp3) is 0.316. The third kappa shape index (κ3) is 4.56. The van der Waals surface area contributed by atoms with Gasteiger partial charge in [0.15, 0.2) is 0 Å². The Morgan fingerprint density at radius 3 is 2.78 bits per heavy atom. The van der Waals surface area contributed by atoms with Crippen molar-refractivity contribution in [3.63, 3.8) is 0 Å². The molecule has 0 aliphatic rings. The highest BCUT2D eigenvalue weighted by Gasteiger charge is 2.15. The first-order valence-electron chi connectivity index (χ1n) is 8.67. The molecule has 1 unspecified atom stereocenters. The normalized spacial score (nSPS) is 13.4. The van der Waals surface area contributed by atoms with Gasteiger partial charge in [-0.2, -0.15) is 10.2 Å². The minimum atomic E-state index is -0.700. The van der Waals surface area contributed by atoms with Crippen LogP contribution in [0.25, 0.3) is 11.3 Å². The molecule has 0 fully saturated rings. The van der Waals surface area contributed by atoms with Crippen molar-refractivity contribution in [3.05, 3.63) is 58.5 Å². The lowest BCUT2D eigenvalue weighted by molar-refractivity contribution is 0.0931. The summed E-state index contributed by atoms with van der Waals surface area (Å²) in [6, 6.07) is 9.14. The lowest BCUT2D eigenvalue weighted by atomic mass is 10.1. The fourth-order valence-corrected chi connectivity index (χ4v) is 2.84. The van der Waals surface area contributed by atoms with E-state index in [1.807, 2.05) is 44.3 Å². The van der Waals surface area contributed by atoms with Crippen LogP contribution in [0.5, 0.6) is 0 Å². The monoisotopic (exact) mass is 387 g/mol. The van der Waals surface area contributed by atoms with E-state index in [0.29, 0.717) is 17.3 Å². The predicted molar refractivity (Wildman–Crippen MR) is 104 cm³/mol. The second kappa shape index (κ2) is 7.94. The maximum atomic E-state index is 12.3. The van der Waals surface area contributed by atoms with Crippen molar-refractivity contribution in [2.24, 2.45) is 0 Å². The summed E-state index contributed by atoms with van der Waals surface area (Å²) in [6.45, 7) is 5.97. The van der Waals surface area contributed by atoms with Gasteiger partial charge in [0.2, 0.25) is 0 Å². The molecule has 0 radical (unpaired) electrons. The highest BCUT2D eigenvalue weighted by Crippen LogP contribution is 2.24. The van der Waals surface area contributed by atoms with Crippen LogP contribution in [-0.4, -0.2) is 37.0 Å². The van der Waals surface area contributed by atoms with E-state index < -0.39 is 6.10 Å². The molecule has 0 bridgehead atoms. The Morgan fingerprint density at radius 2 is 2.11 bits per heavy atom. The van der Waals surface area contributed by atoms with Crippen LogP contribution in [0.3, 0.4) is 0 Å². The van der Waals surface area contributed by atoms with Gasteiger partial charge in [-0.1, -0.05) is 23.7 Å². The molecular weight excluding hydrogens is 366 g/mol. The number of aryl methyl sites for hydroxylation is 1. The number of aliphatic hydroxyl groups excluding tert-OH is 1. The summed E-state index contributed by atoms with van der Waals surface area (Å²) in [4.78, 5) is 12.3. The number of aromatic amines is 1. The van der Waals surface area contributed by atoms with Crippen LogP contribution >= 0.6 is 11.6 Å². The Hall–Kier alpha value is -2.64. The van der Waals surface area contributed by atoms with Crippen molar-refractivity contribution in [2.45, 2.75) is 39.5 Å². The first-order chi connectivity index (χ1) is 12.8. The maximum Gasteiger partial charge on any atom is 0.272 e. The Balaban J connectivity index is 1.62. The van der Waals surface area contributed by atoms with E-state index in [4.69, 9.17) is 11.6 Å². The van der Waals surface area contributed by atoms with E-state index in [9.17, 15) is 9.90 Å². The molecule has 0 aliphatic carbocycles. The van der Waals surface area contributed by atoms with Gasteiger partial charge in [0.05, 0.1) is 24.0 Å². The molecule has 0 spiro atoms. The number of benzene rings is 1. The first kappa shape index (κ1) is 19.1. The number of aromatic nitrogens is 4. The molecule has 2 heterocycles. The summed E-state index contributed by atoms with van der Waals surface area (Å²) < 4.78 is 1.78. The topological polar surface area (TPSA) is 95.8 Å². The van der Waals surface area contributed by atoms with E-state index in [1.165, 1.54) is 0 Å². The van der Waals surface area contributed by atoms with E-state index in [0.717, 1.165) is 16.8 Å². The van der Waals surface area contributed by atoms with Gasteiger partial charge in [-0.25, -0.2) is 0 Å². The van der Waals surface area contributed by atoms with Gasteiger partial charge in [0, 0.05) is 22.8 Å². The summed E-state index contributed by atoms with van der Waals surface area (Å²) in [6.07, 6.45) is 1.17. The maximum absolute atomic E-state index is 12.3. The van der Waals surface area contributed by atoms with Gasteiger partial charge in [0.1, 0.15) is 5.69 Å². The van der Waals surface area contributed by atoms with Crippen LogP contribution < -0.4 is 5.32 Å². The molecule has 8 heteroatoms. The minimum absolute atomic E-state index is 0.154. The molecule has 142 valence electrons. The zero-order valence-electron chi connectivity index (χ0n) is 15.4. The molecule has 0 saturated heterocycles. The van der Waals surface area contributed by atoms with E-state index in [-0.39, 0.29) is 17.6 Å².